The summed E-state index contributed by atoms with van der Waals surface area (Å²) in [5, 5.41) is 8.17. The van der Waals surface area contributed by atoms with E-state index in [-0.39, 0.29) is 0 Å². The summed E-state index contributed by atoms with van der Waals surface area (Å²) in [5.41, 5.74) is 2.57. The van der Waals surface area contributed by atoms with Crippen LogP contribution in [0.4, 0.5) is 0 Å². The third-order valence-corrected chi connectivity index (χ3v) is 3.62. The third-order valence-electron chi connectivity index (χ3n) is 2.45. The van der Waals surface area contributed by atoms with Gasteiger partial charge in [0.15, 0.2) is 5.16 Å². The molecule has 0 unspecified atom stereocenters. The van der Waals surface area contributed by atoms with Gasteiger partial charge in [-0.2, -0.15) is 5.10 Å². The van der Waals surface area contributed by atoms with Gasteiger partial charge in [-0.25, -0.2) is 9.67 Å². The van der Waals surface area contributed by atoms with Crippen molar-refractivity contribution in [3.05, 3.63) is 35.7 Å². The Morgan fingerprint density at radius 2 is 2.24 bits per heavy atom. The van der Waals surface area contributed by atoms with E-state index < -0.39 is 0 Å². The number of nitrogens with one attached hydrogen (secondary N) is 1. The number of hydrogen-bond donors (Lipinski definition) is 1. The first-order chi connectivity index (χ1) is 8.20. The average molecular weight is 248 g/mol. The standard InChI is InChI=1S/C12H16N4S/c1-9-4-5-11(10(6-9)7-13-2)17-12-14-8-15-16(12)3/h4-6,8,13H,7H2,1-3H3. The highest BCUT2D eigenvalue weighted by Crippen LogP contribution is 2.29. The maximum absolute atomic E-state index is 4.23. The largest absolute Gasteiger partial charge is 0.316 e. The molecule has 17 heavy (non-hydrogen) atoms. The second kappa shape index (κ2) is 5.33. The molecule has 90 valence electrons. The molecular formula is C12H16N4S. The molecule has 2 aromatic rings. The van der Waals surface area contributed by atoms with E-state index in [2.05, 4.69) is 40.5 Å². The van der Waals surface area contributed by atoms with E-state index in [0.717, 1.165) is 11.7 Å². The van der Waals surface area contributed by atoms with Crippen LogP contribution in [0.1, 0.15) is 11.1 Å². The van der Waals surface area contributed by atoms with E-state index in [1.807, 2.05) is 14.1 Å². The van der Waals surface area contributed by atoms with Gasteiger partial charge in [0.05, 0.1) is 0 Å². The van der Waals surface area contributed by atoms with Crippen molar-refractivity contribution in [1.82, 2.24) is 20.1 Å². The summed E-state index contributed by atoms with van der Waals surface area (Å²) >= 11 is 1.65. The first kappa shape index (κ1) is 12.1. The summed E-state index contributed by atoms with van der Waals surface area (Å²) in [6.45, 7) is 2.97. The quantitative estimate of drug-likeness (QED) is 0.898. The maximum Gasteiger partial charge on any atom is 0.190 e. The summed E-state index contributed by atoms with van der Waals surface area (Å²) in [6, 6.07) is 6.47. The highest BCUT2D eigenvalue weighted by Gasteiger charge is 2.08. The Morgan fingerprint density at radius 1 is 1.41 bits per heavy atom. The molecule has 0 fully saturated rings. The number of hydrogen-bond acceptors (Lipinski definition) is 4. The Bertz CT molecular complexity index is 507. The van der Waals surface area contributed by atoms with Gasteiger partial charge >= 0.3 is 0 Å². The SMILES string of the molecule is CNCc1cc(C)ccc1Sc1ncnn1C. The zero-order valence-electron chi connectivity index (χ0n) is 10.3. The lowest BCUT2D eigenvalue weighted by Gasteiger charge is -2.09. The van der Waals surface area contributed by atoms with Crippen molar-refractivity contribution in [1.29, 1.82) is 0 Å². The summed E-state index contributed by atoms with van der Waals surface area (Å²) in [6.07, 6.45) is 1.58. The van der Waals surface area contributed by atoms with Gasteiger partial charge in [-0.1, -0.05) is 17.7 Å². The van der Waals surface area contributed by atoms with Crippen LogP contribution in [0.25, 0.3) is 0 Å². The molecule has 2 rings (SSSR count). The van der Waals surface area contributed by atoms with Crippen molar-refractivity contribution in [2.45, 2.75) is 23.5 Å². The smallest absolute Gasteiger partial charge is 0.190 e. The molecule has 0 bridgehead atoms. The molecule has 1 N–H and O–H groups in total. The zero-order chi connectivity index (χ0) is 12.3. The number of benzene rings is 1. The highest BCUT2D eigenvalue weighted by molar-refractivity contribution is 7.99. The molecule has 5 heteroatoms. The molecule has 0 aliphatic carbocycles. The number of aryl methyl sites for hydroxylation is 2. The predicted octanol–water partition coefficient (Wildman–Crippen LogP) is 1.99. The molecule has 0 saturated heterocycles. The summed E-state index contributed by atoms with van der Waals surface area (Å²) in [4.78, 5) is 5.45. The minimum atomic E-state index is 0.863. The van der Waals surface area contributed by atoms with Gasteiger partial charge in [0.2, 0.25) is 0 Å². The van der Waals surface area contributed by atoms with Crippen molar-refractivity contribution in [3.63, 3.8) is 0 Å². The summed E-state index contributed by atoms with van der Waals surface area (Å²) in [5.74, 6) is 0. The molecule has 1 heterocycles. The van der Waals surface area contributed by atoms with Gasteiger partial charge in [-0.3, -0.25) is 0 Å². The van der Waals surface area contributed by atoms with Crippen molar-refractivity contribution in [3.8, 4) is 0 Å². The molecule has 0 aliphatic rings. The molecule has 0 spiro atoms. The van der Waals surface area contributed by atoms with Crippen LogP contribution in [0.5, 0.6) is 0 Å². The van der Waals surface area contributed by atoms with Crippen LogP contribution >= 0.6 is 11.8 Å². The Kier molecular flexibility index (Phi) is 3.81. The first-order valence-corrected chi connectivity index (χ1v) is 6.28. The summed E-state index contributed by atoms with van der Waals surface area (Å²) in [7, 11) is 3.86. The number of rotatable bonds is 4. The summed E-state index contributed by atoms with van der Waals surface area (Å²) < 4.78 is 1.79. The van der Waals surface area contributed by atoms with Crippen LogP contribution in [0.2, 0.25) is 0 Å². The zero-order valence-corrected chi connectivity index (χ0v) is 11.1. The first-order valence-electron chi connectivity index (χ1n) is 5.46. The van der Waals surface area contributed by atoms with E-state index in [9.17, 15) is 0 Å². The van der Waals surface area contributed by atoms with Crippen LogP contribution in [-0.4, -0.2) is 21.8 Å². The van der Waals surface area contributed by atoms with Crippen molar-refractivity contribution >= 4 is 11.8 Å². The van der Waals surface area contributed by atoms with E-state index in [0.29, 0.717) is 0 Å². The van der Waals surface area contributed by atoms with Gasteiger partial charge in [0.25, 0.3) is 0 Å². The molecule has 0 amide bonds. The highest BCUT2D eigenvalue weighted by atomic mass is 32.2. The fourth-order valence-corrected chi connectivity index (χ4v) is 2.49. The molecular weight excluding hydrogens is 232 g/mol. The lowest BCUT2D eigenvalue weighted by molar-refractivity contribution is 0.684. The second-order valence-electron chi connectivity index (χ2n) is 3.91. The molecule has 0 aliphatic heterocycles. The van der Waals surface area contributed by atoms with Crippen LogP contribution in [0, 0.1) is 6.92 Å². The Morgan fingerprint density at radius 3 is 2.88 bits per heavy atom. The number of nitrogens with zero attached hydrogens (tertiary/aromatic N) is 3. The normalized spacial score (nSPS) is 10.8. The average Bonchev–Trinajstić information content (AvgIpc) is 2.69. The molecule has 4 nitrogen and oxygen atoms in total. The van der Waals surface area contributed by atoms with Crippen LogP contribution in [0.3, 0.4) is 0 Å². The van der Waals surface area contributed by atoms with Gasteiger partial charge in [-0.05, 0) is 37.4 Å². The minimum absolute atomic E-state index is 0.863. The van der Waals surface area contributed by atoms with Crippen LogP contribution < -0.4 is 5.32 Å². The fourth-order valence-electron chi connectivity index (χ4n) is 1.61. The monoisotopic (exact) mass is 248 g/mol. The van der Waals surface area contributed by atoms with Crippen molar-refractivity contribution in [2.75, 3.05) is 7.05 Å². The van der Waals surface area contributed by atoms with Crippen LogP contribution in [-0.2, 0) is 13.6 Å². The van der Waals surface area contributed by atoms with Crippen molar-refractivity contribution in [2.24, 2.45) is 7.05 Å². The number of aromatic nitrogens is 3. The predicted molar refractivity (Wildman–Crippen MR) is 69.1 cm³/mol. The van der Waals surface area contributed by atoms with Crippen LogP contribution in [0.15, 0.2) is 34.6 Å². The second-order valence-corrected chi connectivity index (χ2v) is 4.92. The molecule has 0 radical (unpaired) electrons. The Labute approximate surface area is 105 Å². The van der Waals surface area contributed by atoms with Gasteiger partial charge in [-0.15, -0.1) is 0 Å². The lowest BCUT2D eigenvalue weighted by Crippen LogP contribution is -2.06. The van der Waals surface area contributed by atoms with Crippen molar-refractivity contribution < 1.29 is 0 Å². The third kappa shape index (κ3) is 2.87. The topological polar surface area (TPSA) is 42.7 Å². The molecule has 0 saturated carbocycles. The molecule has 0 atom stereocenters. The van der Waals surface area contributed by atoms with Gasteiger partial charge in [0, 0.05) is 18.5 Å². The van der Waals surface area contributed by atoms with E-state index >= 15 is 0 Å². The van der Waals surface area contributed by atoms with Gasteiger partial charge in [0.1, 0.15) is 6.33 Å². The maximum atomic E-state index is 4.23. The van der Waals surface area contributed by atoms with E-state index in [4.69, 9.17) is 0 Å². The van der Waals surface area contributed by atoms with E-state index in [1.54, 1.807) is 22.8 Å². The molecule has 1 aromatic carbocycles. The minimum Gasteiger partial charge on any atom is -0.316 e. The Balaban J connectivity index is 2.29. The fraction of sp³-hybridized carbons (Fsp3) is 0.333. The molecule has 1 aromatic heterocycles. The van der Waals surface area contributed by atoms with Gasteiger partial charge < -0.3 is 5.32 Å². The Hall–Kier alpha value is -1.33. The lowest BCUT2D eigenvalue weighted by atomic mass is 10.1. The van der Waals surface area contributed by atoms with E-state index in [1.165, 1.54) is 16.0 Å².